The fourth-order valence-electron chi connectivity index (χ4n) is 3.14. The molecule has 26 heavy (non-hydrogen) atoms. The molecule has 0 radical (unpaired) electrons. The molecule has 0 aliphatic heterocycles. The minimum Gasteiger partial charge on any atom is -1.00 e. The van der Waals surface area contributed by atoms with Crippen LogP contribution in [0.2, 0.25) is 0 Å². The zero-order chi connectivity index (χ0) is 18.6. The van der Waals surface area contributed by atoms with E-state index in [2.05, 4.69) is 57.5 Å². The molecule has 0 aliphatic carbocycles. The van der Waals surface area contributed by atoms with E-state index >= 15 is 0 Å². The van der Waals surface area contributed by atoms with Crippen molar-refractivity contribution >= 4 is 0 Å². The van der Waals surface area contributed by atoms with Crippen molar-refractivity contribution in [3.63, 3.8) is 0 Å². The number of allylic oxidation sites excluding steroid dienone is 5. The summed E-state index contributed by atoms with van der Waals surface area (Å²) in [6, 6.07) is 0. The predicted molar refractivity (Wildman–Crippen MR) is 116 cm³/mol. The number of likely N-dealkylation sites (N-methyl/N-ethyl adjacent to an activating group) is 1. The highest BCUT2D eigenvalue weighted by Gasteiger charge is 2.11. The van der Waals surface area contributed by atoms with Gasteiger partial charge in [0.1, 0.15) is 0 Å². The van der Waals surface area contributed by atoms with E-state index in [0.717, 1.165) is 11.0 Å². The number of quaternary nitrogens is 1. The minimum atomic E-state index is 0. The van der Waals surface area contributed by atoms with Crippen LogP contribution in [0.15, 0.2) is 36.5 Å². The van der Waals surface area contributed by atoms with Gasteiger partial charge in [-0.3, -0.25) is 0 Å². The largest absolute Gasteiger partial charge is 1.00 e. The van der Waals surface area contributed by atoms with E-state index in [1.54, 1.807) is 0 Å². The Morgan fingerprint density at radius 2 is 1.08 bits per heavy atom. The lowest BCUT2D eigenvalue weighted by Crippen LogP contribution is -3.00. The Balaban J connectivity index is 0. The van der Waals surface area contributed by atoms with Crippen LogP contribution in [0.1, 0.15) is 90.9 Å². The molecule has 0 atom stereocenters. The molecule has 0 aromatic rings. The number of nitrogens with zero attached hydrogens (tertiary/aromatic N) is 1. The lowest BCUT2D eigenvalue weighted by molar-refractivity contribution is -0.884. The molecule has 0 N–H and O–H groups in total. The first-order valence-electron chi connectivity index (χ1n) is 10.9. The molecule has 0 aliphatic rings. The molecule has 0 saturated heterocycles. The molecular formula is C24H46IN. The predicted octanol–water partition coefficient (Wildman–Crippen LogP) is 4.46. The highest BCUT2D eigenvalue weighted by molar-refractivity contribution is 5.10. The summed E-state index contributed by atoms with van der Waals surface area (Å²) in [4.78, 5) is 0. The van der Waals surface area contributed by atoms with Crippen molar-refractivity contribution in [2.24, 2.45) is 0 Å². The summed E-state index contributed by atoms with van der Waals surface area (Å²) in [5.41, 5.74) is 0. The Hall–Kier alpha value is -0.0900. The van der Waals surface area contributed by atoms with Gasteiger partial charge < -0.3 is 28.5 Å². The maximum Gasteiger partial charge on any atom is 0.0972 e. The van der Waals surface area contributed by atoms with Gasteiger partial charge in [-0.15, -0.1) is 0 Å². The molecule has 2 heteroatoms. The van der Waals surface area contributed by atoms with Gasteiger partial charge in [0.2, 0.25) is 0 Å². The second kappa shape index (κ2) is 21.2. The summed E-state index contributed by atoms with van der Waals surface area (Å²) < 4.78 is 1.10. The zero-order valence-electron chi connectivity index (χ0n) is 18.2. The molecule has 154 valence electrons. The Morgan fingerprint density at radius 3 is 1.58 bits per heavy atom. The second-order valence-corrected chi connectivity index (χ2v) is 8.07. The van der Waals surface area contributed by atoms with Crippen LogP contribution in [0.3, 0.4) is 0 Å². The van der Waals surface area contributed by atoms with E-state index < -0.39 is 0 Å². The van der Waals surface area contributed by atoms with E-state index in [9.17, 15) is 0 Å². The van der Waals surface area contributed by atoms with Crippen molar-refractivity contribution in [3.05, 3.63) is 36.5 Å². The standard InChI is InChI=1S/C24H46N.HI/c1-5-7-9-11-13-14-15-16-17-18-20-22-24-25(3,4)23-21-19-12-10-8-6-2;/h6,8,10,12,19,21H,5,7,9,11,13-18,20,22-24H2,1-4H3;1H/q+1;/p-1/b8-6+,12-10+,21-19+;. The first-order chi connectivity index (χ1) is 12.1. The highest BCUT2D eigenvalue weighted by atomic mass is 127. The van der Waals surface area contributed by atoms with E-state index in [0.29, 0.717) is 0 Å². The summed E-state index contributed by atoms with van der Waals surface area (Å²) in [7, 11) is 4.69. The SMILES string of the molecule is C/C=C/C=C/C=C/C[N+](C)(C)CCCCCCCCCCCCCC.[I-]. The summed E-state index contributed by atoms with van der Waals surface area (Å²) in [6.45, 7) is 6.75. The molecule has 0 saturated carbocycles. The minimum absolute atomic E-state index is 0. The lowest BCUT2D eigenvalue weighted by atomic mass is 10.1. The third-order valence-electron chi connectivity index (χ3n) is 4.88. The lowest BCUT2D eigenvalue weighted by Gasteiger charge is -2.28. The molecule has 0 unspecified atom stereocenters. The average Bonchev–Trinajstić information content (AvgIpc) is 2.59. The van der Waals surface area contributed by atoms with Crippen molar-refractivity contribution < 1.29 is 28.5 Å². The van der Waals surface area contributed by atoms with Crippen molar-refractivity contribution in [2.75, 3.05) is 27.2 Å². The fourth-order valence-corrected chi connectivity index (χ4v) is 3.14. The highest BCUT2D eigenvalue weighted by Crippen LogP contribution is 2.12. The van der Waals surface area contributed by atoms with Crippen LogP contribution in [0.4, 0.5) is 0 Å². The number of halogens is 1. The summed E-state index contributed by atoms with van der Waals surface area (Å²) in [6.07, 6.45) is 30.0. The molecule has 0 spiro atoms. The maximum absolute atomic E-state index is 2.35. The van der Waals surface area contributed by atoms with Crippen molar-refractivity contribution in [3.8, 4) is 0 Å². The van der Waals surface area contributed by atoms with Gasteiger partial charge in [0.25, 0.3) is 0 Å². The Morgan fingerprint density at radius 1 is 0.615 bits per heavy atom. The number of hydrogen-bond acceptors (Lipinski definition) is 0. The van der Waals surface area contributed by atoms with Gasteiger partial charge in [-0.25, -0.2) is 0 Å². The van der Waals surface area contributed by atoms with Crippen molar-refractivity contribution in [1.29, 1.82) is 0 Å². The number of rotatable bonds is 17. The van der Waals surface area contributed by atoms with Crippen molar-refractivity contribution in [2.45, 2.75) is 90.9 Å². The van der Waals surface area contributed by atoms with Gasteiger partial charge in [0.15, 0.2) is 0 Å². The Bertz CT molecular complexity index is 355. The van der Waals surface area contributed by atoms with Crippen molar-refractivity contribution in [1.82, 2.24) is 0 Å². The van der Waals surface area contributed by atoms with Gasteiger partial charge in [0, 0.05) is 0 Å². The first kappa shape index (κ1) is 28.1. The molecule has 0 aromatic heterocycles. The quantitative estimate of drug-likeness (QED) is 0.126. The second-order valence-electron chi connectivity index (χ2n) is 8.07. The smallest absolute Gasteiger partial charge is 0.0972 e. The Labute approximate surface area is 182 Å². The van der Waals surface area contributed by atoms with Crippen LogP contribution in [0.25, 0.3) is 0 Å². The van der Waals surface area contributed by atoms with E-state index in [1.165, 1.54) is 83.6 Å². The molecular weight excluding hydrogens is 429 g/mol. The first-order valence-corrected chi connectivity index (χ1v) is 10.9. The van der Waals surface area contributed by atoms with Crippen LogP contribution in [-0.2, 0) is 0 Å². The molecule has 0 bridgehead atoms. The number of hydrogen-bond donors (Lipinski definition) is 0. The molecule has 0 amide bonds. The molecule has 0 aromatic carbocycles. The zero-order valence-corrected chi connectivity index (χ0v) is 20.3. The van der Waals surface area contributed by atoms with E-state index in [1.807, 2.05) is 6.92 Å². The summed E-state index contributed by atoms with van der Waals surface area (Å²) >= 11 is 0. The molecule has 1 nitrogen and oxygen atoms in total. The Kier molecular flexibility index (Phi) is 22.9. The van der Waals surface area contributed by atoms with Crippen LogP contribution >= 0.6 is 0 Å². The van der Waals surface area contributed by atoms with E-state index in [4.69, 9.17) is 0 Å². The average molecular weight is 476 g/mol. The molecule has 0 heterocycles. The van der Waals surface area contributed by atoms with Crippen LogP contribution in [0.5, 0.6) is 0 Å². The summed E-state index contributed by atoms with van der Waals surface area (Å²) in [5, 5.41) is 0. The molecule has 0 rings (SSSR count). The van der Waals surface area contributed by atoms with Gasteiger partial charge in [-0.2, -0.15) is 0 Å². The number of unbranched alkanes of at least 4 members (excludes halogenated alkanes) is 11. The van der Waals surface area contributed by atoms with Crippen LogP contribution in [-0.4, -0.2) is 31.7 Å². The van der Waals surface area contributed by atoms with Gasteiger partial charge in [-0.05, 0) is 25.8 Å². The molecule has 0 fully saturated rings. The van der Waals surface area contributed by atoms with E-state index in [-0.39, 0.29) is 24.0 Å². The third-order valence-corrected chi connectivity index (χ3v) is 4.88. The van der Waals surface area contributed by atoms with Gasteiger partial charge >= 0.3 is 0 Å². The fraction of sp³-hybridized carbons (Fsp3) is 0.750. The summed E-state index contributed by atoms with van der Waals surface area (Å²) in [5.74, 6) is 0. The topological polar surface area (TPSA) is 0 Å². The maximum atomic E-state index is 2.35. The van der Waals surface area contributed by atoms with Gasteiger partial charge in [-0.1, -0.05) is 102 Å². The van der Waals surface area contributed by atoms with Crippen LogP contribution < -0.4 is 24.0 Å². The van der Waals surface area contributed by atoms with Crippen LogP contribution in [0, 0.1) is 0 Å². The normalized spacial score (nSPS) is 12.5. The monoisotopic (exact) mass is 475 g/mol. The van der Waals surface area contributed by atoms with Gasteiger partial charge in [0.05, 0.1) is 27.2 Å². The third kappa shape index (κ3) is 22.0.